The maximum absolute atomic E-state index is 11.9. The molecule has 2 aromatic carbocycles. The monoisotopic (exact) mass is 312 g/mol. The van der Waals surface area contributed by atoms with Crippen LogP contribution in [-0.2, 0) is 4.79 Å². The molecule has 6 nitrogen and oxygen atoms in total. The van der Waals surface area contributed by atoms with E-state index in [1.54, 1.807) is 19.2 Å². The number of benzene rings is 2. The maximum Gasteiger partial charge on any atom is 0.259 e. The number of ether oxygens (including phenoxy) is 1. The van der Waals surface area contributed by atoms with Crippen molar-refractivity contribution in [2.24, 2.45) is 5.10 Å². The van der Waals surface area contributed by atoms with Crippen molar-refractivity contribution >= 4 is 23.0 Å². The van der Waals surface area contributed by atoms with E-state index >= 15 is 0 Å². The Morgan fingerprint density at radius 2 is 2.00 bits per heavy atom. The summed E-state index contributed by atoms with van der Waals surface area (Å²) in [4.78, 5) is 11.9. The van der Waals surface area contributed by atoms with Crippen molar-refractivity contribution in [2.75, 3.05) is 24.7 Å². The van der Waals surface area contributed by atoms with Gasteiger partial charge in [-0.05, 0) is 36.8 Å². The quantitative estimate of drug-likeness (QED) is 0.433. The largest absolute Gasteiger partial charge is 0.495 e. The third-order valence-corrected chi connectivity index (χ3v) is 3.20. The molecule has 2 aromatic rings. The van der Waals surface area contributed by atoms with E-state index in [1.165, 1.54) is 0 Å². The van der Waals surface area contributed by atoms with Crippen molar-refractivity contribution in [3.8, 4) is 5.75 Å². The van der Waals surface area contributed by atoms with Gasteiger partial charge in [-0.1, -0.05) is 24.3 Å². The number of nitrogens with zero attached hydrogens (tertiary/aromatic N) is 1. The molecule has 4 N–H and O–H groups in total. The summed E-state index contributed by atoms with van der Waals surface area (Å²) in [5.41, 5.74) is 11.2. The van der Waals surface area contributed by atoms with E-state index in [9.17, 15) is 4.79 Å². The second-order valence-corrected chi connectivity index (χ2v) is 4.91. The average molecular weight is 312 g/mol. The van der Waals surface area contributed by atoms with Crippen LogP contribution >= 0.6 is 0 Å². The van der Waals surface area contributed by atoms with Gasteiger partial charge in [0.2, 0.25) is 0 Å². The Morgan fingerprint density at radius 1 is 1.22 bits per heavy atom. The molecule has 0 saturated carbocycles. The summed E-state index contributed by atoms with van der Waals surface area (Å²) >= 11 is 0. The van der Waals surface area contributed by atoms with E-state index in [-0.39, 0.29) is 12.5 Å². The molecule has 1 amide bonds. The molecular weight excluding hydrogens is 292 g/mol. The van der Waals surface area contributed by atoms with Crippen LogP contribution in [0, 0.1) is 0 Å². The lowest BCUT2D eigenvalue weighted by Crippen LogP contribution is -2.26. The molecule has 0 aliphatic heterocycles. The topological polar surface area (TPSA) is 88.7 Å². The molecular formula is C17H20N4O2. The van der Waals surface area contributed by atoms with Crippen molar-refractivity contribution in [3.05, 3.63) is 54.1 Å². The SMILES string of the molecule is COc1ccccc1NCC(=O)N/N=C(/C)c1cccc(N)c1. The van der Waals surface area contributed by atoms with E-state index < -0.39 is 0 Å². The Kier molecular flexibility index (Phi) is 5.57. The predicted molar refractivity (Wildman–Crippen MR) is 92.7 cm³/mol. The predicted octanol–water partition coefficient (Wildman–Crippen LogP) is 2.23. The fraction of sp³-hybridized carbons (Fsp3) is 0.176. The van der Waals surface area contributed by atoms with Gasteiger partial charge in [0.05, 0.1) is 25.1 Å². The smallest absolute Gasteiger partial charge is 0.259 e. The number of nitrogens with two attached hydrogens (primary N) is 1. The standard InChI is InChI=1S/C17H20N4O2/c1-12(13-6-5-7-14(18)10-13)20-21-17(22)11-19-15-8-3-4-9-16(15)23-2/h3-10,19H,11,18H2,1-2H3,(H,21,22)/b20-12-. The van der Waals surface area contributed by atoms with Gasteiger partial charge in [0.1, 0.15) is 5.75 Å². The van der Waals surface area contributed by atoms with E-state index in [0.29, 0.717) is 17.1 Å². The third-order valence-electron chi connectivity index (χ3n) is 3.20. The number of carbonyl (C=O) groups excluding carboxylic acids is 1. The second kappa shape index (κ2) is 7.84. The zero-order valence-electron chi connectivity index (χ0n) is 13.2. The number of hydrazone groups is 1. The van der Waals surface area contributed by atoms with Gasteiger partial charge >= 0.3 is 0 Å². The summed E-state index contributed by atoms with van der Waals surface area (Å²) in [6.45, 7) is 1.90. The van der Waals surface area contributed by atoms with E-state index in [2.05, 4.69) is 15.8 Å². The maximum atomic E-state index is 11.9. The van der Waals surface area contributed by atoms with E-state index in [1.807, 2.05) is 43.3 Å². The zero-order valence-corrected chi connectivity index (χ0v) is 13.2. The molecule has 0 aromatic heterocycles. The number of para-hydroxylation sites is 2. The number of amides is 1. The molecule has 6 heteroatoms. The number of anilines is 2. The van der Waals surface area contributed by atoms with Crippen LogP contribution in [0.15, 0.2) is 53.6 Å². The van der Waals surface area contributed by atoms with Gasteiger partial charge in [-0.2, -0.15) is 5.10 Å². The molecule has 0 radical (unpaired) electrons. The highest BCUT2D eigenvalue weighted by Gasteiger charge is 2.05. The normalized spacial score (nSPS) is 11.0. The number of nitrogens with one attached hydrogen (secondary N) is 2. The fourth-order valence-electron chi connectivity index (χ4n) is 1.98. The first kappa shape index (κ1) is 16.4. The van der Waals surface area contributed by atoms with Crippen LogP contribution < -0.4 is 21.2 Å². The van der Waals surface area contributed by atoms with Crippen LogP contribution in [0.1, 0.15) is 12.5 Å². The molecule has 0 bridgehead atoms. The first-order valence-electron chi connectivity index (χ1n) is 7.16. The summed E-state index contributed by atoms with van der Waals surface area (Å²) < 4.78 is 5.21. The lowest BCUT2D eigenvalue weighted by molar-refractivity contribution is -0.119. The first-order chi connectivity index (χ1) is 11.1. The number of nitrogen functional groups attached to an aromatic ring is 1. The molecule has 2 rings (SSSR count). The van der Waals surface area contributed by atoms with Gasteiger partial charge in [-0.25, -0.2) is 5.43 Å². The number of hydrogen-bond donors (Lipinski definition) is 3. The van der Waals surface area contributed by atoms with Crippen LogP contribution in [0.3, 0.4) is 0 Å². The second-order valence-electron chi connectivity index (χ2n) is 4.91. The summed E-state index contributed by atoms with van der Waals surface area (Å²) in [6.07, 6.45) is 0. The zero-order chi connectivity index (χ0) is 16.7. The Bertz CT molecular complexity index is 713. The summed E-state index contributed by atoms with van der Waals surface area (Å²) in [6, 6.07) is 14.7. The Hall–Kier alpha value is -3.02. The molecule has 0 fully saturated rings. The van der Waals surface area contributed by atoms with E-state index in [4.69, 9.17) is 10.5 Å². The number of hydrogen-bond acceptors (Lipinski definition) is 5. The van der Waals surface area contributed by atoms with Gasteiger partial charge in [0, 0.05) is 5.69 Å². The lowest BCUT2D eigenvalue weighted by atomic mass is 10.1. The van der Waals surface area contributed by atoms with Crippen LogP contribution in [0.5, 0.6) is 5.75 Å². The van der Waals surface area contributed by atoms with Crippen molar-refractivity contribution < 1.29 is 9.53 Å². The van der Waals surface area contributed by atoms with Gasteiger partial charge < -0.3 is 15.8 Å². The summed E-state index contributed by atoms with van der Waals surface area (Å²) in [5.74, 6) is 0.430. The fourth-order valence-corrected chi connectivity index (χ4v) is 1.98. The minimum atomic E-state index is -0.251. The Balaban J connectivity index is 1.91. The summed E-state index contributed by atoms with van der Waals surface area (Å²) in [5, 5.41) is 7.09. The third kappa shape index (κ3) is 4.74. The highest BCUT2D eigenvalue weighted by Crippen LogP contribution is 2.22. The Labute approximate surface area is 135 Å². The summed E-state index contributed by atoms with van der Waals surface area (Å²) in [7, 11) is 1.58. The number of rotatable bonds is 6. The number of carbonyl (C=O) groups is 1. The Morgan fingerprint density at radius 3 is 2.74 bits per heavy atom. The van der Waals surface area contributed by atoms with Gasteiger partial charge in [0.15, 0.2) is 0 Å². The average Bonchev–Trinajstić information content (AvgIpc) is 2.58. The molecule has 0 heterocycles. The molecule has 120 valence electrons. The molecule has 0 spiro atoms. The van der Waals surface area contributed by atoms with Crippen LogP contribution in [0.4, 0.5) is 11.4 Å². The van der Waals surface area contributed by atoms with Gasteiger partial charge in [0.25, 0.3) is 5.91 Å². The highest BCUT2D eigenvalue weighted by atomic mass is 16.5. The minimum absolute atomic E-state index is 0.0914. The highest BCUT2D eigenvalue weighted by molar-refractivity contribution is 6.00. The molecule has 0 saturated heterocycles. The lowest BCUT2D eigenvalue weighted by Gasteiger charge is -2.10. The minimum Gasteiger partial charge on any atom is -0.495 e. The van der Waals surface area contributed by atoms with Crippen LogP contribution in [-0.4, -0.2) is 25.3 Å². The van der Waals surface area contributed by atoms with Crippen molar-refractivity contribution in [3.63, 3.8) is 0 Å². The van der Waals surface area contributed by atoms with E-state index in [0.717, 1.165) is 11.3 Å². The van der Waals surface area contributed by atoms with Crippen LogP contribution in [0.25, 0.3) is 0 Å². The van der Waals surface area contributed by atoms with Crippen molar-refractivity contribution in [1.82, 2.24) is 5.43 Å². The number of methoxy groups -OCH3 is 1. The van der Waals surface area contributed by atoms with Crippen molar-refractivity contribution in [2.45, 2.75) is 6.92 Å². The van der Waals surface area contributed by atoms with Crippen LogP contribution in [0.2, 0.25) is 0 Å². The molecule has 0 atom stereocenters. The van der Waals surface area contributed by atoms with Crippen molar-refractivity contribution in [1.29, 1.82) is 0 Å². The molecule has 0 unspecified atom stereocenters. The molecule has 0 aliphatic rings. The van der Waals surface area contributed by atoms with Gasteiger partial charge in [-0.15, -0.1) is 0 Å². The molecule has 0 aliphatic carbocycles. The molecule has 23 heavy (non-hydrogen) atoms. The first-order valence-corrected chi connectivity index (χ1v) is 7.16. The van der Waals surface area contributed by atoms with Gasteiger partial charge in [-0.3, -0.25) is 4.79 Å².